The molecule has 4 heteroatoms. The Labute approximate surface area is 119 Å². The molecule has 19 heavy (non-hydrogen) atoms. The van der Waals surface area contributed by atoms with Crippen molar-refractivity contribution in [1.82, 2.24) is 0 Å². The minimum atomic E-state index is -2.02. The first kappa shape index (κ1) is 18.4. The summed E-state index contributed by atoms with van der Waals surface area (Å²) in [4.78, 5) is 11.8. The molecular formula is C15H30O3Si. The van der Waals surface area contributed by atoms with Crippen LogP contribution in [0.4, 0.5) is 0 Å². The van der Waals surface area contributed by atoms with Gasteiger partial charge >= 0.3 is 5.97 Å². The molecule has 0 aliphatic heterocycles. The third kappa shape index (κ3) is 5.49. The van der Waals surface area contributed by atoms with Gasteiger partial charge in [-0.1, -0.05) is 40.2 Å². The van der Waals surface area contributed by atoms with Crippen LogP contribution in [0, 0.1) is 0 Å². The van der Waals surface area contributed by atoms with Crippen molar-refractivity contribution in [1.29, 1.82) is 0 Å². The number of hydrogen-bond acceptors (Lipinski definition) is 3. The van der Waals surface area contributed by atoms with Gasteiger partial charge in [-0.25, -0.2) is 4.79 Å². The van der Waals surface area contributed by atoms with Crippen molar-refractivity contribution in [2.75, 3.05) is 6.61 Å². The van der Waals surface area contributed by atoms with Gasteiger partial charge in [-0.2, -0.15) is 0 Å². The topological polar surface area (TPSA) is 35.5 Å². The van der Waals surface area contributed by atoms with Crippen molar-refractivity contribution >= 4 is 14.3 Å². The molecule has 0 amide bonds. The lowest BCUT2D eigenvalue weighted by Gasteiger charge is -2.37. The zero-order valence-corrected chi connectivity index (χ0v) is 14.3. The Balaban J connectivity index is 5.12. The second-order valence-electron chi connectivity index (χ2n) is 5.08. The van der Waals surface area contributed by atoms with E-state index >= 15 is 0 Å². The average molecular weight is 286 g/mol. The Hall–Kier alpha value is -0.613. The Morgan fingerprint density at radius 1 is 1.16 bits per heavy atom. The zero-order valence-electron chi connectivity index (χ0n) is 13.3. The van der Waals surface area contributed by atoms with Gasteiger partial charge in [-0.05, 0) is 32.4 Å². The van der Waals surface area contributed by atoms with Crippen LogP contribution >= 0.6 is 0 Å². The van der Waals surface area contributed by atoms with Crippen LogP contribution in [-0.2, 0) is 14.0 Å². The molecule has 0 radical (unpaired) electrons. The first-order chi connectivity index (χ1) is 8.97. The third-order valence-corrected chi connectivity index (χ3v) is 8.59. The summed E-state index contributed by atoms with van der Waals surface area (Å²) in [6.07, 6.45) is 2.98. The van der Waals surface area contributed by atoms with Crippen LogP contribution in [0.5, 0.6) is 0 Å². The highest BCUT2D eigenvalue weighted by molar-refractivity contribution is 6.75. The van der Waals surface area contributed by atoms with Gasteiger partial charge in [0.05, 0.1) is 0 Å². The number of carbonyl (C=O) groups is 1. The molecule has 0 fully saturated rings. The Morgan fingerprint density at radius 2 is 1.68 bits per heavy atom. The minimum Gasteiger partial charge on any atom is -0.460 e. The maximum absolute atomic E-state index is 11.8. The van der Waals surface area contributed by atoms with E-state index in [2.05, 4.69) is 27.4 Å². The normalized spacial score (nSPS) is 13.1. The lowest BCUT2D eigenvalue weighted by Crippen LogP contribution is -2.52. The Bertz CT molecular complexity index is 272. The summed E-state index contributed by atoms with van der Waals surface area (Å²) in [5, 5.41) is 0. The molecule has 0 saturated carbocycles. The van der Waals surface area contributed by atoms with E-state index in [0.29, 0.717) is 12.2 Å². The van der Waals surface area contributed by atoms with Crippen LogP contribution in [0.3, 0.4) is 0 Å². The quantitative estimate of drug-likeness (QED) is 0.342. The lowest BCUT2D eigenvalue weighted by molar-refractivity contribution is -0.141. The molecule has 112 valence electrons. The van der Waals surface area contributed by atoms with E-state index in [4.69, 9.17) is 9.16 Å². The van der Waals surface area contributed by atoms with Crippen molar-refractivity contribution < 1.29 is 14.0 Å². The molecule has 0 aliphatic carbocycles. The van der Waals surface area contributed by atoms with Crippen LogP contribution in [-0.4, -0.2) is 26.6 Å². The molecule has 0 heterocycles. The zero-order chi connectivity index (χ0) is 14.9. The van der Waals surface area contributed by atoms with Crippen molar-refractivity contribution in [2.24, 2.45) is 0 Å². The predicted octanol–water partition coefficient (Wildman–Crippen LogP) is 4.23. The number of esters is 1. The number of rotatable bonds is 10. The molecule has 1 unspecified atom stereocenters. The van der Waals surface area contributed by atoms with Gasteiger partial charge < -0.3 is 9.16 Å². The van der Waals surface area contributed by atoms with E-state index in [1.807, 2.05) is 6.92 Å². The molecule has 0 aromatic carbocycles. The van der Waals surface area contributed by atoms with Gasteiger partial charge in [0.2, 0.25) is 8.32 Å². The summed E-state index contributed by atoms with van der Waals surface area (Å²) in [5.74, 6) is -0.282. The van der Waals surface area contributed by atoms with Gasteiger partial charge in [0.15, 0.2) is 0 Å². The molecule has 1 atom stereocenters. The molecule has 0 aliphatic rings. The van der Waals surface area contributed by atoms with Crippen molar-refractivity contribution in [2.45, 2.75) is 71.7 Å². The molecule has 0 rings (SSSR count). The average Bonchev–Trinajstić information content (AvgIpc) is 2.36. The van der Waals surface area contributed by atoms with Gasteiger partial charge in [0, 0.05) is 12.2 Å². The summed E-state index contributed by atoms with van der Waals surface area (Å²) < 4.78 is 11.9. The van der Waals surface area contributed by atoms with E-state index in [0.717, 1.165) is 31.4 Å². The summed E-state index contributed by atoms with van der Waals surface area (Å²) in [6, 6.07) is 2.10. The smallest absolute Gasteiger partial charge is 0.333 e. The van der Waals surface area contributed by atoms with E-state index < -0.39 is 8.32 Å². The van der Waals surface area contributed by atoms with Crippen LogP contribution in [0.2, 0.25) is 12.1 Å². The molecule has 3 nitrogen and oxygen atoms in total. The van der Waals surface area contributed by atoms with E-state index in [1.165, 1.54) is 0 Å². The van der Waals surface area contributed by atoms with Crippen molar-refractivity contribution in [3.05, 3.63) is 12.2 Å². The standard InChI is InChI=1S/C15H30O3Si/c1-7-11-19(12-8-2,17-10-4)14(9-3)18-15(16)13(5)6/h14H,5,7-12H2,1-4,6H3. The summed E-state index contributed by atoms with van der Waals surface area (Å²) in [6.45, 7) is 14.5. The number of carbonyl (C=O) groups excluding carboxylic acids is 1. The maximum Gasteiger partial charge on any atom is 0.333 e. The highest BCUT2D eigenvalue weighted by Gasteiger charge is 2.43. The lowest BCUT2D eigenvalue weighted by atomic mass is 10.4. The molecule has 0 aromatic heterocycles. The largest absolute Gasteiger partial charge is 0.460 e. The van der Waals surface area contributed by atoms with Crippen LogP contribution in [0.25, 0.3) is 0 Å². The first-order valence-corrected chi connectivity index (χ1v) is 9.87. The summed E-state index contributed by atoms with van der Waals surface area (Å²) >= 11 is 0. The molecule has 0 spiro atoms. The monoisotopic (exact) mass is 286 g/mol. The SMILES string of the molecule is C=C(C)C(=O)OC(CC)[Si](CCC)(CCC)OCC. The number of hydrogen-bond donors (Lipinski definition) is 0. The second kappa shape index (κ2) is 9.32. The second-order valence-corrected chi connectivity index (χ2v) is 9.14. The fourth-order valence-corrected chi connectivity index (χ4v) is 7.31. The fourth-order valence-electron chi connectivity index (χ4n) is 2.61. The Morgan fingerprint density at radius 3 is 2.00 bits per heavy atom. The molecule has 0 bridgehead atoms. The third-order valence-electron chi connectivity index (χ3n) is 3.33. The molecule has 0 saturated heterocycles. The van der Waals surface area contributed by atoms with Crippen LogP contribution < -0.4 is 0 Å². The van der Waals surface area contributed by atoms with Crippen molar-refractivity contribution in [3.8, 4) is 0 Å². The van der Waals surface area contributed by atoms with Gasteiger partial charge in [-0.3, -0.25) is 0 Å². The van der Waals surface area contributed by atoms with Gasteiger partial charge in [0.1, 0.15) is 5.73 Å². The van der Waals surface area contributed by atoms with Gasteiger partial charge in [-0.15, -0.1) is 0 Å². The minimum absolute atomic E-state index is 0.0588. The van der Waals surface area contributed by atoms with E-state index in [1.54, 1.807) is 6.92 Å². The van der Waals surface area contributed by atoms with Gasteiger partial charge in [0.25, 0.3) is 0 Å². The fraction of sp³-hybridized carbons (Fsp3) is 0.800. The van der Waals surface area contributed by atoms with E-state index in [9.17, 15) is 4.79 Å². The summed E-state index contributed by atoms with van der Waals surface area (Å²) in [5.41, 5.74) is 0.405. The summed E-state index contributed by atoms with van der Waals surface area (Å²) in [7, 11) is -2.02. The number of ether oxygens (including phenoxy) is 1. The van der Waals surface area contributed by atoms with E-state index in [-0.39, 0.29) is 11.7 Å². The highest BCUT2D eigenvalue weighted by Crippen LogP contribution is 2.29. The maximum atomic E-state index is 11.8. The predicted molar refractivity (Wildman–Crippen MR) is 82.6 cm³/mol. The molecular weight excluding hydrogens is 256 g/mol. The van der Waals surface area contributed by atoms with Crippen molar-refractivity contribution in [3.63, 3.8) is 0 Å². The Kier molecular flexibility index (Phi) is 9.02. The first-order valence-electron chi connectivity index (χ1n) is 7.47. The highest BCUT2D eigenvalue weighted by atomic mass is 28.4. The van der Waals surface area contributed by atoms with Crippen LogP contribution in [0.1, 0.15) is 53.9 Å². The molecule has 0 aromatic rings. The van der Waals surface area contributed by atoms with Crippen LogP contribution in [0.15, 0.2) is 12.2 Å². The molecule has 0 N–H and O–H groups in total.